The Labute approximate surface area is 169 Å². The van der Waals surface area contributed by atoms with Gasteiger partial charge in [0.05, 0.1) is 13.2 Å². The van der Waals surface area contributed by atoms with Crippen LogP contribution < -0.4 is 15.5 Å². The summed E-state index contributed by atoms with van der Waals surface area (Å²) in [4.78, 5) is 10.5. The van der Waals surface area contributed by atoms with Crippen LogP contribution >= 0.6 is 11.6 Å². The second-order valence-electron chi connectivity index (χ2n) is 6.64. The highest BCUT2D eigenvalue weighted by molar-refractivity contribution is 6.28. The Balaban J connectivity index is 1.52. The number of benzene rings is 2. The minimum atomic E-state index is 0.219. The average molecular weight is 396 g/mol. The molecule has 7 heteroatoms. The van der Waals surface area contributed by atoms with Gasteiger partial charge < -0.3 is 20.3 Å². The molecule has 0 radical (unpaired) electrons. The first-order valence-corrected chi connectivity index (χ1v) is 9.61. The summed E-state index contributed by atoms with van der Waals surface area (Å²) in [6.45, 7) is 5.44. The first-order chi connectivity index (χ1) is 13.7. The molecule has 0 aliphatic carbocycles. The highest BCUT2D eigenvalue weighted by Crippen LogP contribution is 2.27. The van der Waals surface area contributed by atoms with E-state index in [-0.39, 0.29) is 5.28 Å². The van der Waals surface area contributed by atoms with Crippen LogP contribution in [0.1, 0.15) is 5.56 Å². The third-order valence-corrected chi connectivity index (χ3v) is 4.82. The molecule has 1 aromatic heterocycles. The fraction of sp³-hybridized carbons (Fsp3) is 0.238. The molecule has 144 valence electrons. The normalized spacial score (nSPS) is 14.0. The number of aryl methyl sites for hydroxylation is 1. The van der Waals surface area contributed by atoms with Gasteiger partial charge in [0.1, 0.15) is 5.82 Å². The molecule has 3 aromatic rings. The summed E-state index contributed by atoms with van der Waals surface area (Å²) < 4.78 is 5.45. The lowest BCUT2D eigenvalue weighted by Gasteiger charge is -2.29. The van der Waals surface area contributed by atoms with E-state index in [0.717, 1.165) is 48.9 Å². The number of halogens is 1. The third-order valence-electron chi connectivity index (χ3n) is 4.64. The van der Waals surface area contributed by atoms with Gasteiger partial charge in [-0.25, -0.2) is 9.97 Å². The summed E-state index contributed by atoms with van der Waals surface area (Å²) in [6, 6.07) is 16.4. The van der Waals surface area contributed by atoms with Crippen LogP contribution in [0.2, 0.25) is 5.28 Å². The van der Waals surface area contributed by atoms with Gasteiger partial charge in [-0.15, -0.1) is 0 Å². The van der Waals surface area contributed by atoms with Crippen LogP contribution in [-0.2, 0) is 4.74 Å². The Morgan fingerprint density at radius 3 is 2.64 bits per heavy atom. The lowest BCUT2D eigenvalue weighted by Crippen LogP contribution is -2.36. The molecule has 0 amide bonds. The Morgan fingerprint density at radius 2 is 1.82 bits per heavy atom. The third kappa shape index (κ3) is 4.52. The van der Waals surface area contributed by atoms with Crippen molar-refractivity contribution in [2.24, 2.45) is 0 Å². The number of aromatic nitrogens is 2. The number of nitrogens with zero attached hydrogens (tertiary/aromatic N) is 3. The van der Waals surface area contributed by atoms with Crippen LogP contribution in [0.5, 0.6) is 0 Å². The molecular weight excluding hydrogens is 374 g/mol. The molecule has 0 unspecified atom stereocenters. The van der Waals surface area contributed by atoms with Crippen LogP contribution in [0.15, 0.2) is 54.7 Å². The first kappa shape index (κ1) is 18.5. The van der Waals surface area contributed by atoms with E-state index in [0.29, 0.717) is 5.82 Å². The maximum absolute atomic E-state index is 5.88. The number of rotatable bonds is 5. The van der Waals surface area contributed by atoms with E-state index in [1.54, 1.807) is 12.3 Å². The molecule has 1 fully saturated rings. The van der Waals surface area contributed by atoms with E-state index in [2.05, 4.69) is 68.0 Å². The van der Waals surface area contributed by atoms with Crippen LogP contribution in [0, 0.1) is 6.92 Å². The summed E-state index contributed by atoms with van der Waals surface area (Å²) in [5.74, 6) is 0.662. The maximum Gasteiger partial charge on any atom is 0.224 e. The number of hydrogen-bond donors (Lipinski definition) is 2. The van der Waals surface area contributed by atoms with Crippen molar-refractivity contribution < 1.29 is 4.74 Å². The molecule has 28 heavy (non-hydrogen) atoms. The maximum atomic E-state index is 5.88. The van der Waals surface area contributed by atoms with Gasteiger partial charge >= 0.3 is 0 Å². The van der Waals surface area contributed by atoms with Gasteiger partial charge in [-0.05, 0) is 60.5 Å². The number of nitrogens with one attached hydrogen (secondary N) is 2. The Bertz CT molecular complexity index is 959. The minimum absolute atomic E-state index is 0.219. The molecule has 0 spiro atoms. The van der Waals surface area contributed by atoms with Crippen molar-refractivity contribution in [3.05, 3.63) is 65.6 Å². The standard InChI is InChI=1S/C21H22ClN5O/c1-15-5-6-17(14-19(15)25-20-7-8-23-21(22)26-20)24-16-3-2-4-18(13-16)27-9-11-28-12-10-27/h2-8,13-14,24H,9-12H2,1H3,(H,23,25,26). The lowest BCUT2D eigenvalue weighted by molar-refractivity contribution is 0.122. The average Bonchev–Trinajstić information content (AvgIpc) is 2.71. The first-order valence-electron chi connectivity index (χ1n) is 9.23. The Morgan fingerprint density at radius 1 is 1.00 bits per heavy atom. The summed E-state index contributed by atoms with van der Waals surface area (Å²) in [5, 5.41) is 7.02. The molecule has 1 aliphatic heterocycles. The molecule has 2 N–H and O–H groups in total. The largest absolute Gasteiger partial charge is 0.378 e. The molecular formula is C21H22ClN5O. The molecule has 0 bridgehead atoms. The minimum Gasteiger partial charge on any atom is -0.378 e. The van der Waals surface area contributed by atoms with Crippen molar-refractivity contribution in [2.45, 2.75) is 6.92 Å². The van der Waals surface area contributed by atoms with Crippen LogP contribution in [-0.4, -0.2) is 36.3 Å². The second kappa shape index (κ2) is 8.46. The predicted molar refractivity (Wildman–Crippen MR) is 114 cm³/mol. The summed E-state index contributed by atoms with van der Waals surface area (Å²) in [6.07, 6.45) is 1.63. The zero-order valence-corrected chi connectivity index (χ0v) is 16.4. The number of ether oxygens (including phenoxy) is 1. The van der Waals surface area contributed by atoms with Crippen LogP contribution in [0.3, 0.4) is 0 Å². The van der Waals surface area contributed by atoms with Crippen molar-refractivity contribution in [3.63, 3.8) is 0 Å². The van der Waals surface area contributed by atoms with E-state index in [1.807, 2.05) is 6.92 Å². The van der Waals surface area contributed by atoms with E-state index >= 15 is 0 Å². The SMILES string of the molecule is Cc1ccc(Nc2cccc(N3CCOCC3)c2)cc1Nc1ccnc(Cl)n1. The Kier molecular flexibility index (Phi) is 5.60. The van der Waals surface area contributed by atoms with E-state index in [1.165, 1.54) is 5.69 Å². The van der Waals surface area contributed by atoms with Crippen LogP contribution in [0.4, 0.5) is 28.6 Å². The summed E-state index contributed by atoms with van der Waals surface area (Å²) in [7, 11) is 0. The van der Waals surface area contributed by atoms with Gasteiger partial charge in [0.15, 0.2) is 0 Å². The molecule has 4 rings (SSSR count). The number of hydrogen-bond acceptors (Lipinski definition) is 6. The monoisotopic (exact) mass is 395 g/mol. The van der Waals surface area contributed by atoms with Gasteiger partial charge in [0.25, 0.3) is 0 Å². The highest BCUT2D eigenvalue weighted by Gasteiger charge is 2.11. The molecule has 6 nitrogen and oxygen atoms in total. The zero-order chi connectivity index (χ0) is 19.3. The fourth-order valence-electron chi connectivity index (χ4n) is 3.15. The van der Waals surface area contributed by atoms with Crippen molar-refractivity contribution >= 4 is 40.2 Å². The summed E-state index contributed by atoms with van der Waals surface area (Å²) in [5.41, 5.74) is 5.32. The molecule has 2 heterocycles. The molecule has 1 saturated heterocycles. The van der Waals surface area contributed by atoms with E-state index in [9.17, 15) is 0 Å². The van der Waals surface area contributed by atoms with Gasteiger partial charge in [0, 0.05) is 42.0 Å². The van der Waals surface area contributed by atoms with Crippen molar-refractivity contribution in [2.75, 3.05) is 41.8 Å². The molecule has 1 aliphatic rings. The van der Waals surface area contributed by atoms with Crippen LogP contribution in [0.25, 0.3) is 0 Å². The molecule has 0 saturated carbocycles. The fourth-order valence-corrected chi connectivity index (χ4v) is 3.29. The topological polar surface area (TPSA) is 62.3 Å². The number of anilines is 5. The molecule has 2 aromatic carbocycles. The van der Waals surface area contributed by atoms with Gasteiger partial charge in [-0.2, -0.15) is 0 Å². The second-order valence-corrected chi connectivity index (χ2v) is 6.98. The van der Waals surface area contributed by atoms with Crippen molar-refractivity contribution in [1.82, 2.24) is 9.97 Å². The predicted octanol–water partition coefficient (Wildman–Crippen LogP) is 4.76. The molecule has 0 atom stereocenters. The van der Waals surface area contributed by atoms with Gasteiger partial charge in [0.2, 0.25) is 5.28 Å². The smallest absolute Gasteiger partial charge is 0.224 e. The summed E-state index contributed by atoms with van der Waals surface area (Å²) >= 11 is 5.88. The zero-order valence-electron chi connectivity index (χ0n) is 15.7. The van der Waals surface area contributed by atoms with E-state index < -0.39 is 0 Å². The quantitative estimate of drug-likeness (QED) is 0.607. The van der Waals surface area contributed by atoms with Crippen molar-refractivity contribution in [1.29, 1.82) is 0 Å². The van der Waals surface area contributed by atoms with Crippen molar-refractivity contribution in [3.8, 4) is 0 Å². The number of morpholine rings is 1. The highest BCUT2D eigenvalue weighted by atomic mass is 35.5. The van der Waals surface area contributed by atoms with E-state index in [4.69, 9.17) is 16.3 Å². The van der Waals surface area contributed by atoms with Gasteiger partial charge in [-0.1, -0.05) is 12.1 Å². The lowest BCUT2D eigenvalue weighted by atomic mass is 10.1. The Hall–Kier alpha value is -2.83. The van der Waals surface area contributed by atoms with Gasteiger partial charge in [-0.3, -0.25) is 0 Å².